The van der Waals surface area contributed by atoms with Crippen molar-refractivity contribution >= 4 is 0 Å². The maximum Gasteiger partial charge on any atom is 0.358 e. The molecule has 5 aliphatic carbocycles. The minimum Gasteiger partial charge on any atom is -0.232 e. The molecular formula is C13H4F12. The van der Waals surface area contributed by atoms with Crippen molar-refractivity contribution in [3.05, 3.63) is 22.8 Å². The van der Waals surface area contributed by atoms with Crippen LogP contribution in [0.3, 0.4) is 0 Å². The van der Waals surface area contributed by atoms with Gasteiger partial charge in [-0.1, -0.05) is 0 Å². The molecule has 25 heavy (non-hydrogen) atoms. The normalized spacial score (nSPS) is 51.4. The minimum atomic E-state index is -6.48. The fourth-order valence-electron chi connectivity index (χ4n) is 4.37. The van der Waals surface area contributed by atoms with E-state index in [4.69, 9.17) is 0 Å². The zero-order valence-corrected chi connectivity index (χ0v) is 11.4. The topological polar surface area (TPSA) is 0 Å². The van der Waals surface area contributed by atoms with Crippen molar-refractivity contribution in [2.24, 2.45) is 0 Å². The second-order valence-corrected chi connectivity index (χ2v) is 6.52. The summed E-state index contributed by atoms with van der Waals surface area (Å²) in [5.41, 5.74) is -26.6. The zero-order chi connectivity index (χ0) is 19.2. The van der Waals surface area contributed by atoms with Crippen LogP contribution in [0.4, 0.5) is 52.7 Å². The average molecular weight is 388 g/mol. The lowest BCUT2D eigenvalue weighted by Gasteiger charge is -2.54. The van der Waals surface area contributed by atoms with Gasteiger partial charge in [0.25, 0.3) is 11.3 Å². The summed E-state index contributed by atoms with van der Waals surface area (Å²) in [6, 6.07) is 0. The smallest absolute Gasteiger partial charge is 0.232 e. The van der Waals surface area contributed by atoms with Crippen LogP contribution >= 0.6 is 0 Å². The van der Waals surface area contributed by atoms with Crippen molar-refractivity contribution in [3.63, 3.8) is 0 Å². The van der Waals surface area contributed by atoms with Crippen molar-refractivity contribution in [1.29, 1.82) is 0 Å². The van der Waals surface area contributed by atoms with Crippen molar-refractivity contribution in [1.82, 2.24) is 0 Å². The van der Waals surface area contributed by atoms with Crippen molar-refractivity contribution in [3.8, 4) is 0 Å². The molecule has 0 aromatic carbocycles. The first-order valence-electron chi connectivity index (χ1n) is 6.72. The van der Waals surface area contributed by atoms with Gasteiger partial charge in [-0.2, -0.15) is 26.3 Å². The van der Waals surface area contributed by atoms with Crippen LogP contribution in [-0.4, -0.2) is 40.4 Å². The van der Waals surface area contributed by atoms with Gasteiger partial charge in [-0.3, -0.25) is 0 Å². The number of rotatable bonds is 0. The van der Waals surface area contributed by atoms with Gasteiger partial charge >= 0.3 is 17.8 Å². The van der Waals surface area contributed by atoms with E-state index in [-0.39, 0.29) is 0 Å². The lowest BCUT2D eigenvalue weighted by Crippen LogP contribution is -2.75. The Hall–Kier alpha value is -1.36. The molecule has 0 nitrogen and oxygen atoms in total. The third-order valence-electron chi connectivity index (χ3n) is 5.60. The first kappa shape index (κ1) is 17.1. The van der Waals surface area contributed by atoms with E-state index in [1.807, 2.05) is 0 Å². The van der Waals surface area contributed by atoms with Gasteiger partial charge in [-0.15, -0.1) is 0 Å². The molecule has 140 valence electrons. The summed E-state index contributed by atoms with van der Waals surface area (Å²) in [6.07, 6.45) is -3.40. The Labute approximate surface area is 130 Å². The molecule has 5 rings (SSSR count). The molecular weight excluding hydrogens is 384 g/mol. The van der Waals surface area contributed by atoms with E-state index in [1.165, 1.54) is 0 Å². The van der Waals surface area contributed by atoms with Crippen LogP contribution in [0, 0.1) is 0 Å². The number of hydrogen-bond donors (Lipinski definition) is 0. The summed E-state index contributed by atoms with van der Waals surface area (Å²) in [5, 5.41) is 0. The van der Waals surface area contributed by atoms with E-state index < -0.39 is 76.1 Å². The van der Waals surface area contributed by atoms with Gasteiger partial charge in [0.15, 0.2) is 11.7 Å². The summed E-state index contributed by atoms with van der Waals surface area (Å²) >= 11 is 0. The third kappa shape index (κ3) is 1.08. The van der Waals surface area contributed by atoms with Gasteiger partial charge < -0.3 is 0 Å². The molecule has 0 heterocycles. The van der Waals surface area contributed by atoms with Gasteiger partial charge in [0.2, 0.25) is 11.3 Å². The molecule has 0 radical (unpaired) electrons. The van der Waals surface area contributed by atoms with E-state index in [9.17, 15) is 52.7 Å². The fraction of sp³-hybridized carbons (Fsp3) is 0.692. The second kappa shape index (κ2) is 3.55. The number of halogens is 12. The molecule has 0 aromatic rings. The van der Waals surface area contributed by atoms with E-state index in [2.05, 4.69) is 0 Å². The molecule has 1 saturated carbocycles. The molecule has 0 unspecified atom stereocenters. The SMILES string of the molecule is FC1=C(F)[C@]2(F)C3=C([C@@]1(F)C(F)(F)C2(F)F)[C@@]1(F)CC[C@]3(F)C1(F)F. The molecule has 4 bridgehead atoms. The highest BCUT2D eigenvalue weighted by atomic mass is 19.3. The van der Waals surface area contributed by atoms with Crippen LogP contribution in [-0.2, 0) is 0 Å². The molecule has 0 amide bonds. The Morgan fingerprint density at radius 1 is 0.480 bits per heavy atom. The lowest BCUT2D eigenvalue weighted by molar-refractivity contribution is -0.317. The largest absolute Gasteiger partial charge is 0.358 e. The lowest BCUT2D eigenvalue weighted by atomic mass is 9.58. The highest BCUT2D eigenvalue weighted by Crippen LogP contribution is 2.81. The van der Waals surface area contributed by atoms with Gasteiger partial charge in [0.1, 0.15) is 0 Å². The molecule has 5 aliphatic rings. The predicted octanol–water partition coefficient (Wildman–Crippen LogP) is 5.01. The van der Waals surface area contributed by atoms with E-state index in [0.717, 1.165) is 0 Å². The highest BCUT2D eigenvalue weighted by Gasteiger charge is 2.99. The van der Waals surface area contributed by atoms with Crippen LogP contribution in [0.2, 0.25) is 0 Å². The highest BCUT2D eigenvalue weighted by molar-refractivity contribution is 5.70. The Balaban J connectivity index is 2.24. The molecule has 1 fully saturated rings. The average Bonchev–Trinajstić information content (AvgIpc) is 2.76. The van der Waals surface area contributed by atoms with Crippen LogP contribution in [0.25, 0.3) is 0 Å². The fourth-order valence-corrected chi connectivity index (χ4v) is 4.37. The Bertz CT molecular complexity index is 733. The summed E-state index contributed by atoms with van der Waals surface area (Å²) in [4.78, 5) is 0. The number of fused-ring (bicyclic) bond motifs is 3. The molecule has 4 atom stereocenters. The first-order valence-corrected chi connectivity index (χ1v) is 6.72. The van der Waals surface area contributed by atoms with Gasteiger partial charge in [-0.25, -0.2) is 26.3 Å². The van der Waals surface area contributed by atoms with Crippen LogP contribution < -0.4 is 0 Å². The quantitative estimate of drug-likeness (QED) is 0.405. The molecule has 12 heteroatoms. The summed E-state index contributed by atoms with van der Waals surface area (Å²) in [7, 11) is 0. The van der Waals surface area contributed by atoms with Crippen LogP contribution in [0.1, 0.15) is 12.8 Å². The van der Waals surface area contributed by atoms with Crippen LogP contribution in [0.5, 0.6) is 0 Å². The maximum atomic E-state index is 14.7. The summed E-state index contributed by atoms with van der Waals surface area (Å²) in [6.45, 7) is 0. The van der Waals surface area contributed by atoms with Crippen molar-refractivity contribution in [2.45, 2.75) is 53.3 Å². The second-order valence-electron chi connectivity index (χ2n) is 6.52. The standard InChI is InChI=1S/C13H4F12/c14-5-6(15)10(19)4-3(9(5,18)12(22,23)13(10,24)25)7(16)1-2-8(4,17)11(7,20)21/h1-2H2/t7-,8+,9-,10+. The van der Waals surface area contributed by atoms with E-state index in [0.29, 0.717) is 0 Å². The van der Waals surface area contributed by atoms with Gasteiger partial charge in [0, 0.05) is 11.1 Å². The Morgan fingerprint density at radius 3 is 1.04 bits per heavy atom. The molecule has 0 N–H and O–H groups in total. The Morgan fingerprint density at radius 2 is 0.760 bits per heavy atom. The Kier molecular flexibility index (Phi) is 2.43. The van der Waals surface area contributed by atoms with E-state index >= 15 is 0 Å². The zero-order valence-electron chi connectivity index (χ0n) is 11.4. The number of hydrogen-bond acceptors (Lipinski definition) is 0. The predicted molar refractivity (Wildman–Crippen MR) is 55.7 cm³/mol. The summed E-state index contributed by atoms with van der Waals surface area (Å²) in [5.74, 6) is -25.4. The monoisotopic (exact) mass is 388 g/mol. The molecule has 0 spiro atoms. The molecule has 0 aliphatic heterocycles. The molecule has 0 aromatic heterocycles. The summed E-state index contributed by atoms with van der Waals surface area (Å²) < 4.78 is 170. The number of alkyl halides is 10. The minimum absolute atomic E-state index is 1.70. The maximum absolute atomic E-state index is 14.7. The van der Waals surface area contributed by atoms with Gasteiger partial charge in [0.05, 0.1) is 0 Å². The first-order chi connectivity index (χ1) is 11.0. The number of allylic oxidation sites excluding steroid dienone is 4. The third-order valence-corrected chi connectivity index (χ3v) is 5.60. The van der Waals surface area contributed by atoms with Crippen molar-refractivity contribution in [2.75, 3.05) is 0 Å². The van der Waals surface area contributed by atoms with E-state index in [1.54, 1.807) is 0 Å². The van der Waals surface area contributed by atoms with Crippen LogP contribution in [0.15, 0.2) is 22.8 Å². The molecule has 0 saturated heterocycles. The van der Waals surface area contributed by atoms with Crippen molar-refractivity contribution < 1.29 is 52.7 Å². The van der Waals surface area contributed by atoms with Gasteiger partial charge in [-0.05, 0) is 12.8 Å².